The summed E-state index contributed by atoms with van der Waals surface area (Å²) in [6.45, 7) is 5.15. The first-order valence-corrected chi connectivity index (χ1v) is 6.74. The largest absolute Gasteiger partial charge is 0.380 e. The lowest BCUT2D eigenvalue weighted by atomic mass is 10.1. The molecule has 1 fully saturated rings. The molecule has 0 spiro atoms. The predicted molar refractivity (Wildman–Crippen MR) is 65.2 cm³/mol. The van der Waals surface area contributed by atoms with E-state index in [4.69, 9.17) is 4.74 Å². The monoisotopic (exact) mass is 213 g/mol. The lowest BCUT2D eigenvalue weighted by Gasteiger charge is -2.05. The van der Waals surface area contributed by atoms with Gasteiger partial charge in [0, 0.05) is 19.2 Å². The molecule has 1 N–H and O–H groups in total. The molecule has 15 heavy (non-hydrogen) atoms. The number of nitrogens with one attached hydrogen (secondary N) is 1. The van der Waals surface area contributed by atoms with Crippen molar-refractivity contribution in [1.82, 2.24) is 5.32 Å². The van der Waals surface area contributed by atoms with Gasteiger partial charge in [-0.3, -0.25) is 0 Å². The number of unbranched alkanes of at least 4 members (excludes halogenated alkanes) is 5. The van der Waals surface area contributed by atoms with Gasteiger partial charge in [-0.25, -0.2) is 0 Å². The highest BCUT2D eigenvalue weighted by atomic mass is 16.5. The Kier molecular flexibility index (Phi) is 7.94. The van der Waals surface area contributed by atoms with Crippen molar-refractivity contribution in [2.45, 2.75) is 64.3 Å². The first-order valence-electron chi connectivity index (χ1n) is 6.74. The molecule has 0 aromatic carbocycles. The number of hydrogen-bond acceptors (Lipinski definition) is 2. The van der Waals surface area contributed by atoms with Crippen LogP contribution in [-0.4, -0.2) is 25.8 Å². The maximum Gasteiger partial charge on any atom is 0.0590 e. The van der Waals surface area contributed by atoms with Crippen molar-refractivity contribution >= 4 is 0 Å². The maximum absolute atomic E-state index is 5.56. The summed E-state index contributed by atoms with van der Waals surface area (Å²) >= 11 is 0. The normalized spacial score (nSPS) is 15.8. The van der Waals surface area contributed by atoms with E-state index in [0.29, 0.717) is 0 Å². The number of ether oxygens (including phenoxy) is 1. The van der Waals surface area contributed by atoms with Crippen LogP contribution < -0.4 is 5.32 Å². The molecule has 0 saturated heterocycles. The summed E-state index contributed by atoms with van der Waals surface area (Å²) in [6, 6.07) is 0.822. The van der Waals surface area contributed by atoms with E-state index in [1.165, 1.54) is 51.4 Å². The molecular formula is C13H27NO. The van der Waals surface area contributed by atoms with Crippen molar-refractivity contribution in [2.75, 3.05) is 19.8 Å². The molecule has 0 aromatic heterocycles. The van der Waals surface area contributed by atoms with E-state index >= 15 is 0 Å². The Morgan fingerprint density at radius 2 is 1.73 bits per heavy atom. The zero-order chi connectivity index (χ0) is 10.8. The highest BCUT2D eigenvalue weighted by Crippen LogP contribution is 2.17. The molecule has 0 radical (unpaired) electrons. The van der Waals surface area contributed by atoms with Gasteiger partial charge >= 0.3 is 0 Å². The van der Waals surface area contributed by atoms with Crippen LogP contribution in [0.4, 0.5) is 0 Å². The molecule has 0 bridgehead atoms. The molecule has 0 aromatic rings. The minimum absolute atomic E-state index is 0.822. The number of rotatable bonds is 11. The average Bonchev–Trinajstić information content (AvgIpc) is 3.05. The number of hydrogen-bond donors (Lipinski definition) is 1. The molecule has 1 saturated carbocycles. The van der Waals surface area contributed by atoms with Crippen LogP contribution in [0.5, 0.6) is 0 Å². The van der Waals surface area contributed by atoms with E-state index < -0.39 is 0 Å². The van der Waals surface area contributed by atoms with E-state index in [1.807, 2.05) is 0 Å². The van der Waals surface area contributed by atoms with Crippen LogP contribution in [0, 0.1) is 0 Å². The molecule has 90 valence electrons. The van der Waals surface area contributed by atoms with Crippen LogP contribution in [-0.2, 0) is 4.74 Å². The molecule has 0 aliphatic heterocycles. The first kappa shape index (κ1) is 13.0. The second kappa shape index (κ2) is 9.17. The van der Waals surface area contributed by atoms with Gasteiger partial charge in [0.1, 0.15) is 0 Å². The molecule has 0 unspecified atom stereocenters. The quantitative estimate of drug-likeness (QED) is 0.532. The second-order valence-electron chi connectivity index (χ2n) is 4.61. The third kappa shape index (κ3) is 8.88. The van der Waals surface area contributed by atoms with E-state index in [1.54, 1.807) is 0 Å². The average molecular weight is 213 g/mol. The fourth-order valence-electron chi connectivity index (χ4n) is 1.71. The predicted octanol–water partition coefficient (Wildman–Crippen LogP) is 3.12. The highest BCUT2D eigenvalue weighted by molar-refractivity contribution is 4.80. The molecule has 1 rings (SSSR count). The SMILES string of the molecule is CCCCCCCCOCCNC1CC1. The van der Waals surface area contributed by atoms with Gasteiger partial charge in [-0.05, 0) is 19.3 Å². The van der Waals surface area contributed by atoms with Crippen LogP contribution in [0.3, 0.4) is 0 Å². The maximum atomic E-state index is 5.56. The molecule has 2 nitrogen and oxygen atoms in total. The summed E-state index contributed by atoms with van der Waals surface area (Å²) in [5, 5.41) is 3.45. The van der Waals surface area contributed by atoms with Crippen molar-refractivity contribution in [1.29, 1.82) is 0 Å². The zero-order valence-electron chi connectivity index (χ0n) is 10.3. The lowest BCUT2D eigenvalue weighted by Crippen LogP contribution is -2.21. The van der Waals surface area contributed by atoms with Gasteiger partial charge in [0.05, 0.1) is 6.61 Å². The van der Waals surface area contributed by atoms with Gasteiger partial charge in [-0.1, -0.05) is 39.0 Å². The fourth-order valence-corrected chi connectivity index (χ4v) is 1.71. The van der Waals surface area contributed by atoms with Crippen LogP contribution in [0.1, 0.15) is 58.3 Å². The Bertz CT molecular complexity index is 134. The van der Waals surface area contributed by atoms with Crippen molar-refractivity contribution < 1.29 is 4.74 Å². The fraction of sp³-hybridized carbons (Fsp3) is 1.00. The van der Waals surface area contributed by atoms with Crippen molar-refractivity contribution in [3.8, 4) is 0 Å². The Labute approximate surface area is 94.8 Å². The van der Waals surface area contributed by atoms with Gasteiger partial charge in [-0.2, -0.15) is 0 Å². The summed E-state index contributed by atoms with van der Waals surface area (Å²) in [7, 11) is 0. The third-order valence-corrected chi connectivity index (χ3v) is 2.90. The Hall–Kier alpha value is -0.0800. The molecule has 0 heterocycles. The smallest absolute Gasteiger partial charge is 0.0590 e. The Morgan fingerprint density at radius 3 is 2.47 bits per heavy atom. The molecule has 1 aliphatic rings. The molecule has 1 aliphatic carbocycles. The van der Waals surface area contributed by atoms with E-state index in [9.17, 15) is 0 Å². The Morgan fingerprint density at radius 1 is 1.00 bits per heavy atom. The summed E-state index contributed by atoms with van der Waals surface area (Å²) in [5.74, 6) is 0. The molecule has 0 atom stereocenters. The van der Waals surface area contributed by atoms with Crippen molar-refractivity contribution in [3.63, 3.8) is 0 Å². The third-order valence-electron chi connectivity index (χ3n) is 2.90. The van der Waals surface area contributed by atoms with Gasteiger partial charge < -0.3 is 10.1 Å². The van der Waals surface area contributed by atoms with Crippen LogP contribution in [0.15, 0.2) is 0 Å². The first-order chi connectivity index (χ1) is 7.43. The molecule has 2 heteroatoms. The van der Waals surface area contributed by atoms with Crippen molar-refractivity contribution in [3.05, 3.63) is 0 Å². The summed E-state index contributed by atoms with van der Waals surface area (Å²) < 4.78 is 5.56. The zero-order valence-corrected chi connectivity index (χ0v) is 10.3. The molecule has 0 amide bonds. The van der Waals surface area contributed by atoms with E-state index in [2.05, 4.69) is 12.2 Å². The van der Waals surface area contributed by atoms with E-state index in [-0.39, 0.29) is 0 Å². The minimum Gasteiger partial charge on any atom is -0.380 e. The van der Waals surface area contributed by atoms with Gasteiger partial charge in [-0.15, -0.1) is 0 Å². The summed E-state index contributed by atoms with van der Waals surface area (Å²) in [5.41, 5.74) is 0. The minimum atomic E-state index is 0.822. The van der Waals surface area contributed by atoms with Crippen LogP contribution in [0.25, 0.3) is 0 Å². The van der Waals surface area contributed by atoms with Gasteiger partial charge in [0.2, 0.25) is 0 Å². The topological polar surface area (TPSA) is 21.3 Å². The standard InChI is InChI=1S/C13H27NO/c1-2-3-4-5-6-7-11-15-12-10-14-13-8-9-13/h13-14H,2-12H2,1H3. The second-order valence-corrected chi connectivity index (χ2v) is 4.61. The highest BCUT2D eigenvalue weighted by Gasteiger charge is 2.19. The van der Waals surface area contributed by atoms with Crippen LogP contribution >= 0.6 is 0 Å². The lowest BCUT2D eigenvalue weighted by molar-refractivity contribution is 0.131. The van der Waals surface area contributed by atoms with Crippen LogP contribution in [0.2, 0.25) is 0 Å². The molecular weight excluding hydrogens is 186 g/mol. The summed E-state index contributed by atoms with van der Waals surface area (Å²) in [4.78, 5) is 0. The summed E-state index contributed by atoms with van der Waals surface area (Å²) in [6.07, 6.45) is 10.9. The van der Waals surface area contributed by atoms with Gasteiger partial charge in [0.15, 0.2) is 0 Å². The van der Waals surface area contributed by atoms with E-state index in [0.717, 1.165) is 25.8 Å². The van der Waals surface area contributed by atoms with Crippen molar-refractivity contribution in [2.24, 2.45) is 0 Å². The van der Waals surface area contributed by atoms with Gasteiger partial charge in [0.25, 0.3) is 0 Å². The Balaban J connectivity index is 1.62.